The van der Waals surface area contributed by atoms with E-state index in [4.69, 9.17) is 19.9 Å². The average Bonchev–Trinajstić information content (AvgIpc) is 2.72. The maximum atomic E-state index is 12.7. The molecule has 2 aromatic rings. The van der Waals surface area contributed by atoms with E-state index in [1.54, 1.807) is 32.2 Å². The Bertz CT molecular complexity index is 924. The van der Waals surface area contributed by atoms with Gasteiger partial charge < -0.3 is 25.3 Å². The molecule has 3 rings (SSSR count). The van der Waals surface area contributed by atoms with Gasteiger partial charge in [-0.1, -0.05) is 18.2 Å². The molecule has 0 aliphatic carbocycles. The zero-order chi connectivity index (χ0) is 21.9. The lowest BCUT2D eigenvalue weighted by Crippen LogP contribution is -2.35. The van der Waals surface area contributed by atoms with E-state index >= 15 is 0 Å². The fourth-order valence-electron chi connectivity index (χ4n) is 3.18. The average molecular weight is 412 g/mol. The van der Waals surface area contributed by atoms with Crippen molar-refractivity contribution in [3.05, 3.63) is 53.6 Å². The summed E-state index contributed by atoms with van der Waals surface area (Å²) in [7, 11) is 1.63. The van der Waals surface area contributed by atoms with Crippen LogP contribution >= 0.6 is 0 Å². The summed E-state index contributed by atoms with van der Waals surface area (Å²) < 4.78 is 16.4. The number of hydrogen-bond acceptors (Lipinski definition) is 6. The highest BCUT2D eigenvalue weighted by atomic mass is 16.6. The SMILES string of the molecule is COc1ccc(CCC(C)(C)OC(=O)C(N)c2ccc3c(c2)NC(=O)C(C)O3)cc1. The molecule has 2 aromatic carbocycles. The van der Waals surface area contributed by atoms with Crippen LogP contribution in [-0.4, -0.2) is 30.7 Å². The summed E-state index contributed by atoms with van der Waals surface area (Å²) in [4.78, 5) is 24.5. The number of esters is 1. The predicted octanol–water partition coefficient (Wildman–Crippen LogP) is 3.37. The molecule has 3 N–H and O–H groups in total. The molecule has 0 saturated heterocycles. The third-order valence-corrected chi connectivity index (χ3v) is 5.10. The number of nitrogens with one attached hydrogen (secondary N) is 1. The number of benzene rings is 2. The van der Waals surface area contributed by atoms with Gasteiger partial charge >= 0.3 is 5.97 Å². The van der Waals surface area contributed by atoms with Crippen LogP contribution < -0.4 is 20.5 Å². The second-order valence-electron chi connectivity index (χ2n) is 8.01. The fraction of sp³-hybridized carbons (Fsp3) is 0.391. The number of fused-ring (bicyclic) bond motifs is 1. The minimum absolute atomic E-state index is 0.240. The van der Waals surface area contributed by atoms with Crippen LogP contribution in [0.25, 0.3) is 0 Å². The van der Waals surface area contributed by atoms with Crippen molar-refractivity contribution in [1.29, 1.82) is 0 Å². The highest BCUT2D eigenvalue weighted by molar-refractivity contribution is 5.97. The van der Waals surface area contributed by atoms with Gasteiger partial charge in [0.05, 0.1) is 12.8 Å². The topological polar surface area (TPSA) is 99.9 Å². The first-order valence-corrected chi connectivity index (χ1v) is 9.91. The van der Waals surface area contributed by atoms with Gasteiger partial charge in [-0.3, -0.25) is 4.79 Å². The third-order valence-electron chi connectivity index (χ3n) is 5.10. The molecule has 30 heavy (non-hydrogen) atoms. The summed E-state index contributed by atoms with van der Waals surface area (Å²) in [5.74, 6) is 0.587. The van der Waals surface area contributed by atoms with Gasteiger partial charge in [-0.15, -0.1) is 0 Å². The molecule has 160 valence electrons. The Hall–Kier alpha value is -3.06. The van der Waals surface area contributed by atoms with E-state index in [-0.39, 0.29) is 5.91 Å². The molecule has 0 fully saturated rings. The number of aryl methyl sites for hydroxylation is 1. The van der Waals surface area contributed by atoms with E-state index in [1.165, 1.54) is 0 Å². The number of carbonyl (C=O) groups excluding carboxylic acids is 2. The van der Waals surface area contributed by atoms with Crippen molar-refractivity contribution >= 4 is 17.6 Å². The zero-order valence-electron chi connectivity index (χ0n) is 17.7. The van der Waals surface area contributed by atoms with Crippen molar-refractivity contribution in [2.45, 2.75) is 51.4 Å². The monoisotopic (exact) mass is 412 g/mol. The molecule has 0 saturated carbocycles. The summed E-state index contributed by atoms with van der Waals surface area (Å²) in [6, 6.07) is 11.9. The molecular weight excluding hydrogens is 384 g/mol. The molecular formula is C23H28N2O5. The van der Waals surface area contributed by atoms with E-state index in [0.717, 1.165) is 17.7 Å². The van der Waals surface area contributed by atoms with E-state index in [2.05, 4.69) is 5.32 Å². The number of methoxy groups -OCH3 is 1. The van der Waals surface area contributed by atoms with Gasteiger partial charge in [0.2, 0.25) is 0 Å². The van der Waals surface area contributed by atoms with Crippen molar-refractivity contribution < 1.29 is 23.8 Å². The zero-order valence-corrected chi connectivity index (χ0v) is 17.7. The summed E-state index contributed by atoms with van der Waals surface area (Å²) in [5.41, 5.74) is 7.62. The van der Waals surface area contributed by atoms with Gasteiger partial charge in [-0.05, 0) is 69.0 Å². The van der Waals surface area contributed by atoms with Crippen LogP contribution in [0.4, 0.5) is 5.69 Å². The molecule has 0 spiro atoms. The number of nitrogens with two attached hydrogens (primary N) is 1. The molecule has 1 aliphatic rings. The van der Waals surface area contributed by atoms with Crippen LogP contribution in [-0.2, 0) is 20.7 Å². The number of ether oxygens (including phenoxy) is 3. The molecule has 0 radical (unpaired) electrons. The second-order valence-corrected chi connectivity index (χ2v) is 8.01. The van der Waals surface area contributed by atoms with Crippen LogP contribution in [0.5, 0.6) is 11.5 Å². The lowest BCUT2D eigenvalue weighted by atomic mass is 9.98. The van der Waals surface area contributed by atoms with Gasteiger partial charge in [-0.2, -0.15) is 0 Å². The molecule has 2 atom stereocenters. The van der Waals surface area contributed by atoms with Crippen LogP contribution in [0.2, 0.25) is 0 Å². The van der Waals surface area contributed by atoms with Crippen LogP contribution in [0, 0.1) is 0 Å². The Morgan fingerprint density at radius 1 is 1.23 bits per heavy atom. The first-order valence-electron chi connectivity index (χ1n) is 9.91. The van der Waals surface area contributed by atoms with Crippen molar-refractivity contribution in [2.24, 2.45) is 5.73 Å². The first kappa shape index (κ1) is 21.6. The molecule has 0 aromatic heterocycles. The highest BCUT2D eigenvalue weighted by Gasteiger charge is 2.29. The predicted molar refractivity (Wildman–Crippen MR) is 114 cm³/mol. The molecule has 7 nitrogen and oxygen atoms in total. The maximum absolute atomic E-state index is 12.7. The normalized spacial score (nSPS) is 16.7. The van der Waals surface area contributed by atoms with Gasteiger partial charge in [0.1, 0.15) is 23.1 Å². The van der Waals surface area contributed by atoms with Gasteiger partial charge in [0.15, 0.2) is 6.10 Å². The minimum atomic E-state index is -0.966. The van der Waals surface area contributed by atoms with Crippen molar-refractivity contribution in [2.75, 3.05) is 12.4 Å². The molecule has 1 amide bonds. The Kier molecular flexibility index (Phi) is 6.31. The maximum Gasteiger partial charge on any atom is 0.328 e. The van der Waals surface area contributed by atoms with Gasteiger partial charge in [0, 0.05) is 0 Å². The number of anilines is 1. The third kappa shape index (κ3) is 5.10. The summed E-state index contributed by atoms with van der Waals surface area (Å²) >= 11 is 0. The molecule has 0 bridgehead atoms. The number of hydrogen-bond donors (Lipinski definition) is 2. The van der Waals surface area contributed by atoms with E-state index in [1.807, 2.05) is 38.1 Å². The summed E-state index contributed by atoms with van der Waals surface area (Å²) in [5, 5.41) is 2.76. The van der Waals surface area contributed by atoms with Crippen LogP contribution in [0.3, 0.4) is 0 Å². The van der Waals surface area contributed by atoms with Gasteiger partial charge in [0.25, 0.3) is 5.91 Å². The number of amides is 1. The Morgan fingerprint density at radius 3 is 2.60 bits per heavy atom. The lowest BCUT2D eigenvalue weighted by molar-refractivity contribution is -0.158. The Balaban J connectivity index is 1.61. The summed E-state index contributed by atoms with van der Waals surface area (Å²) in [6.45, 7) is 5.40. The van der Waals surface area contributed by atoms with E-state index < -0.39 is 23.7 Å². The fourth-order valence-corrected chi connectivity index (χ4v) is 3.18. The Labute approximate surface area is 176 Å². The van der Waals surface area contributed by atoms with Crippen LogP contribution in [0.1, 0.15) is 44.4 Å². The van der Waals surface area contributed by atoms with E-state index in [9.17, 15) is 9.59 Å². The smallest absolute Gasteiger partial charge is 0.328 e. The quantitative estimate of drug-likeness (QED) is 0.677. The highest BCUT2D eigenvalue weighted by Crippen LogP contribution is 2.32. The van der Waals surface area contributed by atoms with Gasteiger partial charge in [-0.25, -0.2) is 4.79 Å². The summed E-state index contributed by atoms with van der Waals surface area (Å²) in [6.07, 6.45) is 0.831. The Morgan fingerprint density at radius 2 is 1.93 bits per heavy atom. The first-order chi connectivity index (χ1) is 14.2. The molecule has 2 unspecified atom stereocenters. The van der Waals surface area contributed by atoms with E-state index in [0.29, 0.717) is 23.4 Å². The standard InChI is InChI=1S/C23H28N2O5/c1-14-21(26)25-18-13-16(7-10-19(18)29-14)20(24)22(27)30-23(2,3)12-11-15-5-8-17(28-4)9-6-15/h5-10,13-14,20H,11-12,24H2,1-4H3,(H,25,26). The lowest BCUT2D eigenvalue weighted by Gasteiger charge is -2.28. The molecule has 1 heterocycles. The second kappa shape index (κ2) is 8.75. The van der Waals surface area contributed by atoms with Crippen LogP contribution in [0.15, 0.2) is 42.5 Å². The molecule has 7 heteroatoms. The minimum Gasteiger partial charge on any atom is -0.497 e. The van der Waals surface area contributed by atoms with Crippen molar-refractivity contribution in [3.8, 4) is 11.5 Å². The number of carbonyl (C=O) groups is 2. The molecule has 1 aliphatic heterocycles. The van der Waals surface area contributed by atoms with Crippen molar-refractivity contribution in [1.82, 2.24) is 0 Å². The van der Waals surface area contributed by atoms with Crippen molar-refractivity contribution in [3.63, 3.8) is 0 Å². The number of rotatable bonds is 7. The largest absolute Gasteiger partial charge is 0.497 e.